The van der Waals surface area contributed by atoms with E-state index in [9.17, 15) is 18.0 Å². The van der Waals surface area contributed by atoms with Crippen molar-refractivity contribution in [3.05, 3.63) is 86.2 Å². The zero-order valence-electron chi connectivity index (χ0n) is 21.2. The second-order valence-electron chi connectivity index (χ2n) is 8.68. The first kappa shape index (κ1) is 32.7. The number of H-pyrrole nitrogens is 1. The summed E-state index contributed by atoms with van der Waals surface area (Å²) in [5.74, 6) is 0.676. The van der Waals surface area contributed by atoms with Gasteiger partial charge < -0.3 is 4.74 Å². The fraction of sp³-hybridized carbons (Fsp3) is 0.250. The molecule has 0 atom stereocenters. The van der Waals surface area contributed by atoms with E-state index in [0.29, 0.717) is 17.1 Å². The molecule has 1 aromatic heterocycles. The molecule has 0 aliphatic heterocycles. The number of ether oxygens (including phenoxy) is 1. The maximum atomic E-state index is 12.4. The van der Waals surface area contributed by atoms with Gasteiger partial charge in [0, 0.05) is 132 Å². The number of nitrogens with one attached hydrogen (secondary N) is 2. The van der Waals surface area contributed by atoms with Crippen LogP contribution in [0.5, 0.6) is 5.75 Å². The number of aromatic amines is 1. The molecule has 0 fully saturated rings. The van der Waals surface area contributed by atoms with Crippen LogP contribution in [0.4, 0.5) is 5.69 Å². The van der Waals surface area contributed by atoms with Gasteiger partial charge in [0.05, 0.1) is 19.1 Å². The van der Waals surface area contributed by atoms with E-state index in [-0.39, 0.29) is 108 Å². The summed E-state index contributed by atoms with van der Waals surface area (Å²) in [4.78, 5) is 26.2. The van der Waals surface area contributed by atoms with Crippen molar-refractivity contribution < 1.29 is 13.2 Å². The third-order valence-electron chi connectivity index (χ3n) is 4.89. The van der Waals surface area contributed by atoms with E-state index in [1.807, 2.05) is 45.1 Å². The van der Waals surface area contributed by atoms with E-state index in [2.05, 4.69) is 9.71 Å². The van der Waals surface area contributed by atoms with Gasteiger partial charge in [0.2, 0.25) is 10.0 Å². The summed E-state index contributed by atoms with van der Waals surface area (Å²) in [6.07, 6.45) is 6.28. The SMILES string of the molecule is COc1c(/C=C/c2ccc(NS(C)(=O)=O)cc2)cc(-n2ccc(=O)[nH]c2=O)cc1C(C)(C)C.[K].[K]. The Morgan fingerprint density at radius 2 is 1.63 bits per heavy atom. The first-order valence-electron chi connectivity index (χ1n) is 10.2. The predicted octanol–water partition coefficient (Wildman–Crippen LogP) is 2.61. The summed E-state index contributed by atoms with van der Waals surface area (Å²) in [7, 11) is -1.75. The second-order valence-corrected chi connectivity index (χ2v) is 10.4. The van der Waals surface area contributed by atoms with Crippen LogP contribution in [0.2, 0.25) is 0 Å². The van der Waals surface area contributed by atoms with Gasteiger partial charge in [-0.15, -0.1) is 0 Å². The van der Waals surface area contributed by atoms with Crippen LogP contribution < -0.4 is 20.7 Å². The van der Waals surface area contributed by atoms with Gasteiger partial charge in [-0.25, -0.2) is 13.2 Å². The Morgan fingerprint density at radius 1 is 1.00 bits per heavy atom. The molecule has 2 aromatic carbocycles. The molecule has 0 saturated carbocycles. The molecule has 35 heavy (non-hydrogen) atoms. The minimum Gasteiger partial charge on any atom is -0.496 e. The Balaban J connectivity index is 0.00000306. The maximum Gasteiger partial charge on any atom is 0.332 e. The van der Waals surface area contributed by atoms with Crippen molar-refractivity contribution in [2.24, 2.45) is 0 Å². The number of methoxy groups -OCH3 is 1. The van der Waals surface area contributed by atoms with Crippen LogP contribution in [0.25, 0.3) is 17.8 Å². The first-order chi connectivity index (χ1) is 15.4. The van der Waals surface area contributed by atoms with Gasteiger partial charge in [-0.2, -0.15) is 0 Å². The molecular weight excluding hydrogens is 521 g/mol. The normalized spacial score (nSPS) is 11.5. The predicted molar refractivity (Wildman–Crippen MR) is 143 cm³/mol. The Hall–Kier alpha value is -0.317. The average molecular weight is 548 g/mol. The molecule has 1 heterocycles. The Labute approximate surface area is 290 Å². The van der Waals surface area contributed by atoms with E-state index in [4.69, 9.17) is 4.74 Å². The Morgan fingerprint density at radius 3 is 2.14 bits per heavy atom. The number of anilines is 1. The van der Waals surface area contributed by atoms with Gasteiger partial charge in [-0.3, -0.25) is 19.1 Å². The molecule has 0 bridgehead atoms. The fourth-order valence-electron chi connectivity index (χ4n) is 3.37. The number of rotatable bonds is 6. The largest absolute Gasteiger partial charge is 0.496 e. The number of benzene rings is 2. The number of hydrogen-bond acceptors (Lipinski definition) is 5. The molecule has 11 heteroatoms. The van der Waals surface area contributed by atoms with E-state index in [1.165, 1.54) is 16.8 Å². The molecule has 3 rings (SSSR count). The van der Waals surface area contributed by atoms with Crippen molar-refractivity contribution in [1.29, 1.82) is 0 Å². The first-order valence-corrected chi connectivity index (χ1v) is 12.1. The summed E-state index contributed by atoms with van der Waals surface area (Å²) in [5.41, 5.74) is 2.28. The van der Waals surface area contributed by atoms with E-state index < -0.39 is 21.3 Å². The van der Waals surface area contributed by atoms with E-state index in [0.717, 1.165) is 22.9 Å². The van der Waals surface area contributed by atoms with Crippen LogP contribution in [0.15, 0.2) is 58.3 Å². The van der Waals surface area contributed by atoms with Gasteiger partial charge in [0.15, 0.2) is 0 Å². The minimum atomic E-state index is -3.34. The van der Waals surface area contributed by atoms with E-state index in [1.54, 1.807) is 31.4 Å². The molecular formula is C24H27K2N3O5S. The van der Waals surface area contributed by atoms with Crippen LogP contribution in [0.3, 0.4) is 0 Å². The molecule has 0 aliphatic carbocycles. The van der Waals surface area contributed by atoms with Crippen molar-refractivity contribution >= 4 is 131 Å². The molecule has 0 amide bonds. The van der Waals surface area contributed by atoms with Gasteiger partial charge in [-0.05, 0) is 35.2 Å². The van der Waals surface area contributed by atoms with E-state index >= 15 is 0 Å². The molecule has 0 unspecified atom stereocenters. The number of hydrogen-bond donors (Lipinski definition) is 2. The molecule has 2 radical (unpaired) electrons. The number of nitrogens with zero attached hydrogens (tertiary/aromatic N) is 1. The van der Waals surface area contributed by atoms with Gasteiger partial charge >= 0.3 is 5.69 Å². The van der Waals surface area contributed by atoms with Gasteiger partial charge in [0.1, 0.15) is 5.75 Å². The second kappa shape index (κ2) is 13.5. The summed E-state index contributed by atoms with van der Waals surface area (Å²) in [6.45, 7) is 6.14. The Bertz CT molecular complexity index is 1420. The summed E-state index contributed by atoms with van der Waals surface area (Å²) in [6, 6.07) is 11.9. The van der Waals surface area contributed by atoms with Gasteiger partial charge in [-0.1, -0.05) is 45.1 Å². The fourth-order valence-corrected chi connectivity index (χ4v) is 3.93. The summed E-state index contributed by atoms with van der Waals surface area (Å²) >= 11 is 0. The van der Waals surface area contributed by atoms with Crippen LogP contribution in [0.1, 0.15) is 37.5 Å². The standard InChI is InChI=1S/C24H27N3O5S.2K/c1-24(2,3)20-15-19(27-13-12-21(28)25-23(27)29)14-17(22(20)32-4)9-6-16-7-10-18(11-8-16)26-33(5,30)31;;/h6-15,26H,1-5H3,(H,25,28,29);;/b9-6+;;. The van der Waals surface area contributed by atoms with Crippen molar-refractivity contribution in [2.75, 3.05) is 18.1 Å². The monoisotopic (exact) mass is 547 g/mol. The zero-order valence-corrected chi connectivity index (χ0v) is 28.2. The number of sulfonamides is 1. The molecule has 0 aliphatic rings. The molecule has 0 saturated heterocycles. The maximum absolute atomic E-state index is 12.4. The van der Waals surface area contributed by atoms with Crippen LogP contribution in [-0.4, -0.2) is 134 Å². The Kier molecular flexibility index (Phi) is 12.6. The van der Waals surface area contributed by atoms with Crippen LogP contribution >= 0.6 is 0 Å². The molecule has 176 valence electrons. The van der Waals surface area contributed by atoms with Crippen LogP contribution in [0, 0.1) is 0 Å². The van der Waals surface area contributed by atoms with Crippen LogP contribution in [-0.2, 0) is 15.4 Å². The van der Waals surface area contributed by atoms with Gasteiger partial charge in [0.25, 0.3) is 5.56 Å². The number of aromatic nitrogens is 2. The molecule has 0 spiro atoms. The zero-order chi connectivity index (χ0) is 24.4. The third-order valence-corrected chi connectivity index (χ3v) is 5.49. The third kappa shape index (κ3) is 9.18. The summed E-state index contributed by atoms with van der Waals surface area (Å²) < 4.78 is 32.3. The van der Waals surface area contributed by atoms with Crippen molar-refractivity contribution in [3.63, 3.8) is 0 Å². The smallest absolute Gasteiger partial charge is 0.332 e. The summed E-state index contributed by atoms with van der Waals surface area (Å²) in [5, 5.41) is 0. The van der Waals surface area contributed by atoms with Crippen molar-refractivity contribution in [2.45, 2.75) is 26.2 Å². The topological polar surface area (TPSA) is 110 Å². The van der Waals surface area contributed by atoms with Crippen molar-refractivity contribution in [3.8, 4) is 11.4 Å². The quantitative estimate of drug-likeness (QED) is 0.364. The molecule has 8 nitrogen and oxygen atoms in total. The average Bonchev–Trinajstić information content (AvgIpc) is 2.71. The minimum absolute atomic E-state index is 0. The van der Waals surface area contributed by atoms with Crippen molar-refractivity contribution in [1.82, 2.24) is 9.55 Å². The molecule has 2 N–H and O–H groups in total. The molecule has 3 aromatic rings.